The Morgan fingerprint density at radius 2 is 1.56 bits per heavy atom. The second-order valence-corrected chi connectivity index (χ2v) is 10.2. The monoisotopic (exact) mass is 450 g/mol. The van der Waals surface area contributed by atoms with Crippen LogP contribution >= 0.6 is 0 Å². The molecular weight excluding hydrogens is 420 g/mol. The molecule has 4 rings (SSSR count). The Hall–Kier alpha value is -2.83. The van der Waals surface area contributed by atoms with Gasteiger partial charge in [-0.1, -0.05) is 55.5 Å². The quantitative estimate of drug-likeness (QED) is 0.519. The zero-order valence-electron chi connectivity index (χ0n) is 18.6. The van der Waals surface area contributed by atoms with E-state index >= 15 is 0 Å². The summed E-state index contributed by atoms with van der Waals surface area (Å²) < 4.78 is 34.5. The van der Waals surface area contributed by atoms with Crippen molar-refractivity contribution in [2.45, 2.75) is 30.8 Å². The third kappa shape index (κ3) is 4.81. The molecule has 1 aliphatic rings. The van der Waals surface area contributed by atoms with Crippen LogP contribution in [-0.4, -0.2) is 39.6 Å². The van der Waals surface area contributed by atoms with E-state index in [1.807, 2.05) is 36.4 Å². The summed E-state index contributed by atoms with van der Waals surface area (Å²) in [5, 5.41) is 0. The average molecular weight is 451 g/mol. The first-order chi connectivity index (χ1) is 15.5. The van der Waals surface area contributed by atoms with Gasteiger partial charge in [-0.25, -0.2) is 8.42 Å². The van der Waals surface area contributed by atoms with Gasteiger partial charge in [-0.3, -0.25) is 9.21 Å². The number of hydrogen-bond acceptors (Lipinski definition) is 4. The van der Waals surface area contributed by atoms with Gasteiger partial charge in [-0.15, -0.1) is 0 Å². The minimum absolute atomic E-state index is 0.114. The molecule has 1 fully saturated rings. The molecule has 0 unspecified atom stereocenters. The molecule has 0 N–H and O–H groups in total. The second-order valence-electron chi connectivity index (χ2n) is 8.37. The number of piperidine rings is 1. The van der Waals surface area contributed by atoms with E-state index in [-0.39, 0.29) is 16.9 Å². The Labute approximate surface area is 191 Å². The summed E-state index contributed by atoms with van der Waals surface area (Å²) in [4.78, 5) is 2.70. The topological polar surface area (TPSA) is 49.9 Å². The van der Waals surface area contributed by atoms with Crippen LogP contribution in [0.5, 0.6) is 5.75 Å². The zero-order valence-corrected chi connectivity index (χ0v) is 19.4. The highest BCUT2D eigenvalue weighted by Gasteiger charge is 2.37. The number of nitrogens with zero attached hydrogens (tertiary/aromatic N) is 2. The zero-order chi connectivity index (χ0) is 22.6. The first kappa shape index (κ1) is 22.4. The van der Waals surface area contributed by atoms with Crippen molar-refractivity contribution < 1.29 is 13.2 Å². The molecule has 0 spiro atoms. The largest absolute Gasteiger partial charge is 0.497 e. The van der Waals surface area contributed by atoms with Crippen molar-refractivity contribution in [2.24, 2.45) is 5.92 Å². The molecule has 0 radical (unpaired) electrons. The van der Waals surface area contributed by atoms with Crippen LogP contribution < -0.4 is 9.04 Å². The van der Waals surface area contributed by atoms with Crippen LogP contribution in [0.4, 0.5) is 5.69 Å². The number of hydrogen-bond donors (Lipinski definition) is 0. The number of para-hydroxylation sites is 1. The number of benzene rings is 3. The van der Waals surface area contributed by atoms with Gasteiger partial charge in [0.15, 0.2) is 0 Å². The standard InChI is InChI=1S/C26H30N2O3S/c1-21-19-27(20-22-9-5-3-6-10-22)18-17-26(21)28(23-11-7-4-8-12-23)32(29,30)25-15-13-24(31-2)14-16-25/h3-16,21,26H,17-20H2,1-2H3/t21-,26-/m0/s1. The van der Waals surface area contributed by atoms with E-state index in [4.69, 9.17) is 4.74 Å². The van der Waals surface area contributed by atoms with Gasteiger partial charge in [-0.05, 0) is 54.3 Å². The predicted molar refractivity (Wildman–Crippen MR) is 128 cm³/mol. The van der Waals surface area contributed by atoms with E-state index in [0.29, 0.717) is 11.4 Å². The van der Waals surface area contributed by atoms with E-state index in [1.54, 1.807) is 35.7 Å². The fourth-order valence-corrected chi connectivity index (χ4v) is 6.27. The predicted octanol–water partition coefficient (Wildman–Crippen LogP) is 4.80. The Morgan fingerprint density at radius 1 is 0.938 bits per heavy atom. The maximum Gasteiger partial charge on any atom is 0.264 e. The van der Waals surface area contributed by atoms with Crippen LogP contribution in [0, 0.1) is 5.92 Å². The minimum Gasteiger partial charge on any atom is -0.497 e. The summed E-state index contributed by atoms with van der Waals surface area (Å²) in [6, 6.07) is 26.4. The maximum absolute atomic E-state index is 13.8. The number of ether oxygens (including phenoxy) is 1. The average Bonchev–Trinajstić information content (AvgIpc) is 2.82. The number of likely N-dealkylation sites (tertiary alicyclic amines) is 1. The number of anilines is 1. The highest BCUT2D eigenvalue weighted by atomic mass is 32.2. The summed E-state index contributed by atoms with van der Waals surface area (Å²) in [7, 11) is -2.15. The lowest BCUT2D eigenvalue weighted by atomic mass is 9.93. The lowest BCUT2D eigenvalue weighted by molar-refractivity contribution is 0.159. The molecule has 0 aromatic heterocycles. The molecule has 0 saturated carbocycles. The van der Waals surface area contributed by atoms with Crippen molar-refractivity contribution in [1.29, 1.82) is 0 Å². The maximum atomic E-state index is 13.8. The van der Waals surface area contributed by atoms with Gasteiger partial charge >= 0.3 is 0 Å². The van der Waals surface area contributed by atoms with Gasteiger partial charge in [-0.2, -0.15) is 0 Å². The molecule has 32 heavy (non-hydrogen) atoms. The molecule has 3 aromatic carbocycles. The van der Waals surface area contributed by atoms with Crippen molar-refractivity contribution in [3.05, 3.63) is 90.5 Å². The first-order valence-electron chi connectivity index (χ1n) is 11.0. The molecular formula is C26H30N2O3S. The molecule has 0 aliphatic carbocycles. The number of rotatable bonds is 7. The van der Waals surface area contributed by atoms with Crippen molar-refractivity contribution in [3.8, 4) is 5.75 Å². The third-order valence-corrected chi connectivity index (χ3v) is 7.99. The van der Waals surface area contributed by atoms with Gasteiger partial charge in [0.05, 0.1) is 23.7 Å². The fourth-order valence-electron chi connectivity index (χ4n) is 4.50. The Balaban J connectivity index is 1.61. The second kappa shape index (κ2) is 9.76. The molecule has 6 heteroatoms. The lowest BCUT2D eigenvalue weighted by Gasteiger charge is -2.43. The highest BCUT2D eigenvalue weighted by molar-refractivity contribution is 7.92. The van der Waals surface area contributed by atoms with E-state index in [1.165, 1.54) is 5.56 Å². The minimum atomic E-state index is -3.73. The van der Waals surface area contributed by atoms with Gasteiger partial charge in [0.25, 0.3) is 10.0 Å². The summed E-state index contributed by atoms with van der Waals surface area (Å²) in [5.74, 6) is 0.818. The van der Waals surface area contributed by atoms with Gasteiger partial charge in [0.2, 0.25) is 0 Å². The van der Waals surface area contributed by atoms with Gasteiger partial charge in [0.1, 0.15) is 5.75 Å². The molecule has 5 nitrogen and oxygen atoms in total. The van der Waals surface area contributed by atoms with Crippen molar-refractivity contribution in [2.75, 3.05) is 24.5 Å². The Bertz CT molecular complexity index is 1100. The van der Waals surface area contributed by atoms with Crippen molar-refractivity contribution in [3.63, 3.8) is 0 Å². The van der Waals surface area contributed by atoms with E-state index in [2.05, 4.69) is 36.1 Å². The van der Waals surface area contributed by atoms with Crippen LogP contribution in [-0.2, 0) is 16.6 Å². The Morgan fingerprint density at radius 3 is 2.16 bits per heavy atom. The van der Waals surface area contributed by atoms with Gasteiger partial charge in [0, 0.05) is 19.6 Å². The third-order valence-electron chi connectivity index (χ3n) is 6.12. The molecule has 168 valence electrons. The Kier molecular flexibility index (Phi) is 6.82. The molecule has 1 saturated heterocycles. The molecule has 0 amide bonds. The van der Waals surface area contributed by atoms with Crippen LogP contribution in [0.1, 0.15) is 18.9 Å². The summed E-state index contributed by atoms with van der Waals surface area (Å²) in [5.41, 5.74) is 1.99. The van der Waals surface area contributed by atoms with E-state index in [9.17, 15) is 8.42 Å². The van der Waals surface area contributed by atoms with E-state index < -0.39 is 10.0 Å². The van der Waals surface area contributed by atoms with Gasteiger partial charge < -0.3 is 4.74 Å². The van der Waals surface area contributed by atoms with Crippen LogP contribution in [0.3, 0.4) is 0 Å². The normalized spacial score (nSPS) is 19.4. The summed E-state index contributed by atoms with van der Waals surface area (Å²) in [6.45, 7) is 4.74. The fraction of sp³-hybridized carbons (Fsp3) is 0.308. The summed E-state index contributed by atoms with van der Waals surface area (Å²) in [6.07, 6.45) is 0.776. The smallest absolute Gasteiger partial charge is 0.264 e. The molecule has 0 bridgehead atoms. The van der Waals surface area contributed by atoms with Crippen LogP contribution in [0.25, 0.3) is 0 Å². The SMILES string of the molecule is COc1ccc(S(=O)(=O)N(c2ccccc2)[C@H]2CCN(Cc3ccccc3)C[C@@H]2C)cc1. The highest BCUT2D eigenvalue weighted by Crippen LogP contribution is 2.33. The van der Waals surface area contributed by atoms with Crippen LogP contribution in [0.15, 0.2) is 89.8 Å². The number of methoxy groups -OCH3 is 1. The lowest BCUT2D eigenvalue weighted by Crippen LogP contribution is -2.52. The van der Waals surface area contributed by atoms with Crippen LogP contribution in [0.2, 0.25) is 0 Å². The van der Waals surface area contributed by atoms with Crippen molar-refractivity contribution >= 4 is 15.7 Å². The molecule has 2 atom stereocenters. The molecule has 1 heterocycles. The molecule has 3 aromatic rings. The first-order valence-corrected chi connectivity index (χ1v) is 12.4. The summed E-state index contributed by atoms with van der Waals surface area (Å²) >= 11 is 0. The van der Waals surface area contributed by atoms with E-state index in [0.717, 1.165) is 26.1 Å². The molecule has 1 aliphatic heterocycles. The number of sulfonamides is 1. The van der Waals surface area contributed by atoms with Crippen molar-refractivity contribution in [1.82, 2.24) is 4.90 Å².